The van der Waals surface area contributed by atoms with E-state index >= 15 is 0 Å². The average molecular weight is 323 g/mol. The van der Waals surface area contributed by atoms with Gasteiger partial charge in [0.2, 0.25) is 0 Å². The molecule has 0 aliphatic carbocycles. The lowest BCUT2D eigenvalue weighted by molar-refractivity contribution is 0.0734. The molecule has 0 bridgehead atoms. The summed E-state index contributed by atoms with van der Waals surface area (Å²) in [6.45, 7) is 4.37. The Kier molecular flexibility index (Phi) is 3.48. The third kappa shape index (κ3) is 2.33. The number of carbonyl (C=O) groups is 1. The highest BCUT2D eigenvalue weighted by atomic mass is 16.5. The van der Waals surface area contributed by atoms with Crippen LogP contribution in [0.1, 0.15) is 46.3 Å². The lowest BCUT2D eigenvalue weighted by Gasteiger charge is -2.24. The van der Waals surface area contributed by atoms with Crippen LogP contribution in [0.25, 0.3) is 11.1 Å². The first-order valence-corrected chi connectivity index (χ1v) is 7.95. The standard InChI is InChI=1S/C17H17N5O2/c1-10-8-12(15-11(2)21-24-16(15)20-10)17(23)22-7-3-4-14(22)13-9-18-5-6-19-13/h5-6,8-9,14H,3-4,7H2,1-2H3/t14-/m0/s1. The Labute approximate surface area is 138 Å². The largest absolute Gasteiger partial charge is 0.336 e. The van der Waals surface area contributed by atoms with E-state index in [0.717, 1.165) is 24.2 Å². The van der Waals surface area contributed by atoms with Crippen molar-refractivity contribution in [3.05, 3.63) is 47.3 Å². The molecule has 0 aromatic carbocycles. The van der Waals surface area contributed by atoms with Gasteiger partial charge in [-0.15, -0.1) is 0 Å². The molecule has 0 spiro atoms. The molecule has 122 valence electrons. The fraction of sp³-hybridized carbons (Fsp3) is 0.353. The minimum atomic E-state index is -0.0464. The monoisotopic (exact) mass is 323 g/mol. The summed E-state index contributed by atoms with van der Waals surface area (Å²) in [4.78, 5) is 27.9. The summed E-state index contributed by atoms with van der Waals surface area (Å²) in [5, 5.41) is 4.64. The molecule has 0 unspecified atom stereocenters. The highest BCUT2D eigenvalue weighted by Crippen LogP contribution is 2.33. The number of amides is 1. The van der Waals surface area contributed by atoms with Crippen molar-refractivity contribution in [3.8, 4) is 0 Å². The topological polar surface area (TPSA) is 85.0 Å². The van der Waals surface area contributed by atoms with Gasteiger partial charge in [0.25, 0.3) is 11.6 Å². The quantitative estimate of drug-likeness (QED) is 0.720. The molecule has 3 aromatic rings. The number of nitrogens with zero attached hydrogens (tertiary/aromatic N) is 5. The number of fused-ring (bicyclic) bond motifs is 1. The van der Waals surface area contributed by atoms with Crippen LogP contribution in [0.5, 0.6) is 0 Å². The fourth-order valence-corrected chi connectivity index (χ4v) is 3.34. The number of pyridine rings is 1. The molecule has 4 heterocycles. The summed E-state index contributed by atoms with van der Waals surface area (Å²) in [6.07, 6.45) is 6.87. The van der Waals surface area contributed by atoms with E-state index in [1.165, 1.54) is 0 Å². The van der Waals surface area contributed by atoms with E-state index in [0.29, 0.717) is 28.9 Å². The van der Waals surface area contributed by atoms with Gasteiger partial charge in [-0.3, -0.25) is 14.8 Å². The van der Waals surface area contributed by atoms with E-state index in [2.05, 4.69) is 20.1 Å². The van der Waals surface area contributed by atoms with Crippen LogP contribution >= 0.6 is 0 Å². The van der Waals surface area contributed by atoms with Crippen LogP contribution < -0.4 is 0 Å². The Hall–Kier alpha value is -2.83. The molecule has 7 heteroatoms. The van der Waals surface area contributed by atoms with Crippen molar-refractivity contribution in [2.24, 2.45) is 0 Å². The Morgan fingerprint density at radius 2 is 2.21 bits per heavy atom. The van der Waals surface area contributed by atoms with Gasteiger partial charge in [0.05, 0.1) is 34.6 Å². The Morgan fingerprint density at radius 3 is 3.00 bits per heavy atom. The van der Waals surface area contributed by atoms with E-state index in [1.807, 2.05) is 18.7 Å². The van der Waals surface area contributed by atoms with Gasteiger partial charge >= 0.3 is 0 Å². The Bertz CT molecular complexity index is 906. The summed E-state index contributed by atoms with van der Waals surface area (Å²) in [7, 11) is 0. The van der Waals surface area contributed by atoms with Crippen LogP contribution in [0.15, 0.2) is 29.2 Å². The number of likely N-dealkylation sites (tertiary alicyclic amines) is 1. The maximum atomic E-state index is 13.2. The maximum Gasteiger partial charge on any atom is 0.258 e. The maximum absolute atomic E-state index is 13.2. The predicted octanol–water partition coefficient (Wildman–Crippen LogP) is 2.61. The van der Waals surface area contributed by atoms with Crippen molar-refractivity contribution in [1.82, 2.24) is 25.0 Å². The smallest absolute Gasteiger partial charge is 0.258 e. The zero-order valence-electron chi connectivity index (χ0n) is 13.6. The normalized spacial score (nSPS) is 17.6. The molecule has 1 atom stereocenters. The molecule has 1 fully saturated rings. The van der Waals surface area contributed by atoms with Crippen molar-refractivity contribution < 1.29 is 9.32 Å². The van der Waals surface area contributed by atoms with Gasteiger partial charge in [0.1, 0.15) is 0 Å². The highest BCUT2D eigenvalue weighted by Gasteiger charge is 2.33. The summed E-state index contributed by atoms with van der Waals surface area (Å²) in [5.41, 5.74) is 3.24. The molecular formula is C17H17N5O2. The molecule has 24 heavy (non-hydrogen) atoms. The minimum absolute atomic E-state index is 0.0371. The highest BCUT2D eigenvalue weighted by molar-refractivity contribution is 6.06. The van der Waals surface area contributed by atoms with Gasteiger partial charge < -0.3 is 9.42 Å². The fourth-order valence-electron chi connectivity index (χ4n) is 3.34. The van der Waals surface area contributed by atoms with Crippen molar-refractivity contribution >= 4 is 17.0 Å². The van der Waals surface area contributed by atoms with E-state index in [-0.39, 0.29) is 11.9 Å². The number of aromatic nitrogens is 4. The molecule has 3 aromatic heterocycles. The van der Waals surface area contributed by atoms with Crippen molar-refractivity contribution in [3.63, 3.8) is 0 Å². The number of aryl methyl sites for hydroxylation is 2. The molecule has 1 aliphatic rings. The van der Waals surface area contributed by atoms with Crippen molar-refractivity contribution in [2.45, 2.75) is 32.7 Å². The number of carbonyl (C=O) groups excluding carboxylic acids is 1. The second-order valence-electron chi connectivity index (χ2n) is 6.05. The second-order valence-corrected chi connectivity index (χ2v) is 6.05. The van der Waals surface area contributed by atoms with Gasteiger partial charge in [-0.1, -0.05) is 5.16 Å². The van der Waals surface area contributed by atoms with Gasteiger partial charge in [-0.25, -0.2) is 4.98 Å². The van der Waals surface area contributed by atoms with Crippen molar-refractivity contribution in [1.29, 1.82) is 0 Å². The lowest BCUT2D eigenvalue weighted by atomic mass is 10.1. The second kappa shape index (κ2) is 5.67. The third-order valence-corrected chi connectivity index (χ3v) is 4.41. The van der Waals surface area contributed by atoms with Crippen LogP contribution in [0.4, 0.5) is 0 Å². The molecular weight excluding hydrogens is 306 g/mol. The van der Waals surface area contributed by atoms with Crippen molar-refractivity contribution in [2.75, 3.05) is 6.54 Å². The minimum Gasteiger partial charge on any atom is -0.336 e. The van der Waals surface area contributed by atoms with E-state index in [9.17, 15) is 4.79 Å². The zero-order valence-corrected chi connectivity index (χ0v) is 13.6. The molecule has 1 aliphatic heterocycles. The molecule has 7 nitrogen and oxygen atoms in total. The molecule has 0 N–H and O–H groups in total. The van der Waals surface area contributed by atoms with E-state index < -0.39 is 0 Å². The van der Waals surface area contributed by atoms with E-state index in [1.54, 1.807) is 24.7 Å². The molecule has 1 saturated heterocycles. The summed E-state index contributed by atoms with van der Waals surface area (Å²) in [6, 6.07) is 1.76. The van der Waals surface area contributed by atoms with Crippen LogP contribution in [-0.4, -0.2) is 37.5 Å². The van der Waals surface area contributed by atoms with E-state index in [4.69, 9.17) is 4.52 Å². The molecule has 0 saturated carbocycles. The molecule has 4 rings (SSSR count). The summed E-state index contributed by atoms with van der Waals surface area (Å²) >= 11 is 0. The van der Waals surface area contributed by atoms with Crippen LogP contribution in [0, 0.1) is 13.8 Å². The Balaban J connectivity index is 1.77. The van der Waals surface area contributed by atoms with Gasteiger partial charge in [-0.05, 0) is 32.8 Å². The first kappa shape index (κ1) is 14.7. The van der Waals surface area contributed by atoms with Crippen LogP contribution in [-0.2, 0) is 0 Å². The van der Waals surface area contributed by atoms with Gasteiger partial charge in [-0.2, -0.15) is 0 Å². The number of hydrogen-bond acceptors (Lipinski definition) is 6. The van der Waals surface area contributed by atoms with Gasteiger partial charge in [0, 0.05) is 24.6 Å². The summed E-state index contributed by atoms with van der Waals surface area (Å²) < 4.78 is 5.24. The average Bonchev–Trinajstić information content (AvgIpc) is 3.22. The first-order valence-electron chi connectivity index (χ1n) is 7.95. The third-order valence-electron chi connectivity index (χ3n) is 4.41. The SMILES string of the molecule is Cc1cc(C(=O)N2CCC[C@H]2c2cnccn2)c2c(C)noc2n1. The van der Waals surface area contributed by atoms with Crippen LogP contribution in [0.2, 0.25) is 0 Å². The van der Waals surface area contributed by atoms with Crippen LogP contribution in [0.3, 0.4) is 0 Å². The predicted molar refractivity (Wildman–Crippen MR) is 86.3 cm³/mol. The molecule has 0 radical (unpaired) electrons. The molecule has 1 amide bonds. The summed E-state index contributed by atoms with van der Waals surface area (Å²) in [5.74, 6) is -0.0371. The number of rotatable bonds is 2. The number of hydrogen-bond donors (Lipinski definition) is 0. The lowest BCUT2D eigenvalue weighted by Crippen LogP contribution is -2.31. The zero-order chi connectivity index (χ0) is 16.7. The van der Waals surface area contributed by atoms with Gasteiger partial charge in [0.15, 0.2) is 0 Å². The Morgan fingerprint density at radius 1 is 1.33 bits per heavy atom. The first-order chi connectivity index (χ1) is 11.6.